The van der Waals surface area contributed by atoms with Gasteiger partial charge in [-0.3, -0.25) is 4.98 Å². The summed E-state index contributed by atoms with van der Waals surface area (Å²) in [6.07, 6.45) is 7.36. The van der Waals surface area contributed by atoms with E-state index in [9.17, 15) is 0 Å². The van der Waals surface area contributed by atoms with Gasteiger partial charge in [-0.05, 0) is 88.4 Å². The van der Waals surface area contributed by atoms with Crippen LogP contribution in [-0.2, 0) is 6.42 Å². The zero-order valence-corrected chi connectivity index (χ0v) is 22.1. The maximum atomic E-state index is 5.24. The summed E-state index contributed by atoms with van der Waals surface area (Å²) in [5, 5.41) is 2.51. The van der Waals surface area contributed by atoms with Gasteiger partial charge >= 0.3 is 0 Å². The molecule has 0 fully saturated rings. The highest BCUT2D eigenvalue weighted by atomic mass is 14.8. The van der Waals surface area contributed by atoms with Gasteiger partial charge in [0.25, 0.3) is 0 Å². The van der Waals surface area contributed by atoms with Crippen LogP contribution in [0.15, 0.2) is 115 Å². The molecule has 1 aliphatic rings. The summed E-state index contributed by atoms with van der Waals surface area (Å²) in [4.78, 5) is 9.49. The predicted molar refractivity (Wildman–Crippen MR) is 161 cm³/mol. The Balaban J connectivity index is 1.46. The van der Waals surface area contributed by atoms with Gasteiger partial charge in [0.1, 0.15) is 0 Å². The number of benzene rings is 4. The number of aromatic nitrogens is 1. The summed E-state index contributed by atoms with van der Waals surface area (Å²) < 4.78 is 0. The Morgan fingerprint density at radius 3 is 2.50 bits per heavy atom. The third kappa shape index (κ3) is 4.59. The fraction of sp³-hybridized carbons (Fsp3) is 0.167. The molecule has 2 heteroatoms. The van der Waals surface area contributed by atoms with E-state index in [4.69, 9.17) is 4.99 Å². The molecular weight excluding hydrogens is 460 g/mol. The molecule has 0 radical (unpaired) electrons. The van der Waals surface area contributed by atoms with E-state index in [0.29, 0.717) is 5.92 Å². The third-order valence-corrected chi connectivity index (χ3v) is 7.95. The van der Waals surface area contributed by atoms with Crippen molar-refractivity contribution in [1.29, 1.82) is 0 Å². The SMILES string of the molecule is C=C(N=C(c1ccc2c(c1)C(C)CCC2)c1ccc2ccccc2c1C)c1ccc(-c2cccnc2)cc1. The van der Waals surface area contributed by atoms with Gasteiger partial charge in [-0.15, -0.1) is 0 Å². The summed E-state index contributed by atoms with van der Waals surface area (Å²) in [5.41, 5.74) is 11.5. The number of fused-ring (bicyclic) bond motifs is 2. The second-order valence-corrected chi connectivity index (χ2v) is 10.4. The average Bonchev–Trinajstić information content (AvgIpc) is 2.97. The van der Waals surface area contributed by atoms with Crippen molar-refractivity contribution in [2.45, 2.75) is 39.0 Å². The Morgan fingerprint density at radius 1 is 0.868 bits per heavy atom. The molecule has 0 amide bonds. The van der Waals surface area contributed by atoms with E-state index in [1.807, 2.05) is 12.3 Å². The normalized spacial score (nSPS) is 15.3. The number of aliphatic imine (C=N–C) groups is 1. The lowest BCUT2D eigenvalue weighted by Crippen LogP contribution is -2.11. The number of hydrogen-bond acceptors (Lipinski definition) is 2. The van der Waals surface area contributed by atoms with Crippen LogP contribution in [0.25, 0.3) is 27.6 Å². The van der Waals surface area contributed by atoms with E-state index >= 15 is 0 Å². The molecule has 1 aliphatic carbocycles. The van der Waals surface area contributed by atoms with E-state index in [0.717, 1.165) is 45.6 Å². The smallest absolute Gasteiger partial charge is 0.0784 e. The molecule has 0 N–H and O–H groups in total. The Hall–Kier alpha value is -4.30. The Labute approximate surface area is 225 Å². The summed E-state index contributed by atoms with van der Waals surface area (Å²) in [6.45, 7) is 8.97. The van der Waals surface area contributed by atoms with Crippen LogP contribution in [0.1, 0.15) is 59.1 Å². The van der Waals surface area contributed by atoms with Gasteiger partial charge in [-0.1, -0.05) is 92.4 Å². The van der Waals surface area contributed by atoms with E-state index in [2.05, 4.69) is 110 Å². The van der Waals surface area contributed by atoms with Gasteiger partial charge in [-0.2, -0.15) is 0 Å². The van der Waals surface area contributed by atoms with Crippen molar-refractivity contribution in [3.63, 3.8) is 0 Å². The third-order valence-electron chi connectivity index (χ3n) is 7.95. The lowest BCUT2D eigenvalue weighted by molar-refractivity contribution is 0.590. The van der Waals surface area contributed by atoms with Crippen molar-refractivity contribution >= 4 is 22.2 Å². The largest absolute Gasteiger partial charge is 0.264 e. The van der Waals surface area contributed by atoms with Crippen LogP contribution in [0.5, 0.6) is 0 Å². The second-order valence-electron chi connectivity index (χ2n) is 10.4. The number of hydrogen-bond donors (Lipinski definition) is 0. The molecule has 0 aliphatic heterocycles. The van der Waals surface area contributed by atoms with Crippen LogP contribution in [-0.4, -0.2) is 10.7 Å². The van der Waals surface area contributed by atoms with Crippen LogP contribution in [0, 0.1) is 6.92 Å². The van der Waals surface area contributed by atoms with Crippen LogP contribution >= 0.6 is 0 Å². The first-order valence-electron chi connectivity index (χ1n) is 13.5. The molecule has 2 nitrogen and oxygen atoms in total. The second kappa shape index (κ2) is 10.2. The monoisotopic (exact) mass is 492 g/mol. The minimum absolute atomic E-state index is 0.570. The summed E-state index contributed by atoms with van der Waals surface area (Å²) >= 11 is 0. The van der Waals surface area contributed by atoms with E-state index < -0.39 is 0 Å². The number of aryl methyl sites for hydroxylation is 2. The molecule has 1 atom stereocenters. The van der Waals surface area contributed by atoms with Gasteiger partial charge in [0.05, 0.1) is 11.4 Å². The molecule has 186 valence electrons. The molecule has 1 aromatic heterocycles. The van der Waals surface area contributed by atoms with Gasteiger partial charge in [0.15, 0.2) is 0 Å². The van der Waals surface area contributed by atoms with Crippen molar-refractivity contribution in [2.24, 2.45) is 4.99 Å². The van der Waals surface area contributed by atoms with Crippen molar-refractivity contribution in [1.82, 2.24) is 4.98 Å². The predicted octanol–water partition coefficient (Wildman–Crippen LogP) is 9.16. The molecule has 38 heavy (non-hydrogen) atoms. The highest BCUT2D eigenvalue weighted by Gasteiger charge is 2.20. The Morgan fingerprint density at radius 2 is 1.68 bits per heavy atom. The van der Waals surface area contributed by atoms with E-state index in [1.165, 1.54) is 40.3 Å². The van der Waals surface area contributed by atoms with Crippen LogP contribution in [0.3, 0.4) is 0 Å². The standard InChI is InChI=1S/C36H32N2/c1-24-8-6-10-30-17-18-31(22-35(24)30)36(34-20-19-29-9-4-5-12-33(29)25(34)2)38-26(3)27-13-15-28(16-14-27)32-11-7-21-37-23-32/h4-5,7,9,11-24H,3,6,8,10H2,1-2H3. The average molecular weight is 493 g/mol. The maximum absolute atomic E-state index is 5.24. The topological polar surface area (TPSA) is 25.2 Å². The van der Waals surface area contributed by atoms with E-state index in [-0.39, 0.29) is 0 Å². The minimum atomic E-state index is 0.570. The van der Waals surface area contributed by atoms with Crippen LogP contribution in [0.2, 0.25) is 0 Å². The summed E-state index contributed by atoms with van der Waals surface area (Å²) in [6, 6.07) is 32.4. The lowest BCUT2D eigenvalue weighted by atomic mass is 9.82. The molecule has 4 aromatic carbocycles. The fourth-order valence-electron chi connectivity index (χ4n) is 5.73. The molecule has 6 rings (SSSR count). The molecule has 1 unspecified atom stereocenters. The van der Waals surface area contributed by atoms with Crippen molar-refractivity contribution in [3.05, 3.63) is 143 Å². The molecule has 0 saturated heterocycles. The minimum Gasteiger partial charge on any atom is -0.264 e. The Bertz CT molecular complexity index is 1660. The first-order valence-corrected chi connectivity index (χ1v) is 13.5. The first kappa shape index (κ1) is 24.1. The fourth-order valence-corrected chi connectivity index (χ4v) is 5.73. The van der Waals surface area contributed by atoms with Crippen molar-refractivity contribution < 1.29 is 0 Å². The van der Waals surface area contributed by atoms with Gasteiger partial charge in [0, 0.05) is 23.5 Å². The molecule has 0 spiro atoms. The van der Waals surface area contributed by atoms with Crippen molar-refractivity contribution in [2.75, 3.05) is 0 Å². The zero-order chi connectivity index (χ0) is 26.1. The molecule has 0 saturated carbocycles. The first-order chi connectivity index (χ1) is 18.6. The molecular formula is C36H32N2. The molecule has 1 heterocycles. The summed E-state index contributed by atoms with van der Waals surface area (Å²) in [5.74, 6) is 0.570. The maximum Gasteiger partial charge on any atom is 0.0784 e. The quantitative estimate of drug-likeness (QED) is 0.225. The highest BCUT2D eigenvalue weighted by molar-refractivity contribution is 6.17. The number of rotatable bonds is 5. The van der Waals surface area contributed by atoms with Crippen LogP contribution in [0.4, 0.5) is 0 Å². The van der Waals surface area contributed by atoms with Crippen LogP contribution < -0.4 is 0 Å². The molecule has 5 aromatic rings. The molecule has 0 bridgehead atoms. The summed E-state index contributed by atoms with van der Waals surface area (Å²) in [7, 11) is 0. The van der Waals surface area contributed by atoms with Gasteiger partial charge in [-0.25, -0.2) is 4.99 Å². The van der Waals surface area contributed by atoms with Gasteiger partial charge < -0.3 is 0 Å². The lowest BCUT2D eigenvalue weighted by Gasteiger charge is -2.23. The highest BCUT2D eigenvalue weighted by Crippen LogP contribution is 2.34. The zero-order valence-electron chi connectivity index (χ0n) is 22.1. The number of pyridine rings is 1. The Kier molecular flexibility index (Phi) is 6.47. The van der Waals surface area contributed by atoms with Gasteiger partial charge in [0.2, 0.25) is 0 Å². The number of nitrogens with zero attached hydrogens (tertiary/aromatic N) is 2. The van der Waals surface area contributed by atoms with Crippen molar-refractivity contribution in [3.8, 4) is 11.1 Å². The van der Waals surface area contributed by atoms with E-state index in [1.54, 1.807) is 6.20 Å².